The molecule has 0 aliphatic carbocycles. The van der Waals surface area contributed by atoms with Crippen LogP contribution < -0.4 is 0 Å². The molecule has 0 bridgehead atoms. The van der Waals surface area contributed by atoms with Crippen LogP contribution in [-0.2, 0) is 0 Å². The zero-order valence-corrected chi connectivity index (χ0v) is 18.2. The maximum absolute atomic E-state index is 6.22. The number of hydrogen-bond donors (Lipinski definition) is 0. The Balaban J connectivity index is 1.46. The lowest BCUT2D eigenvalue weighted by Crippen LogP contribution is -1.85. The summed E-state index contributed by atoms with van der Waals surface area (Å²) in [6, 6.07) is 29.9. The molecule has 0 amide bonds. The summed E-state index contributed by atoms with van der Waals surface area (Å²) >= 11 is 1.79. The van der Waals surface area contributed by atoms with Crippen LogP contribution in [0.25, 0.3) is 53.9 Å². The molecule has 0 saturated carbocycles. The molecule has 31 heavy (non-hydrogen) atoms. The maximum atomic E-state index is 6.22. The van der Waals surface area contributed by atoms with Crippen molar-refractivity contribution < 1.29 is 4.42 Å². The highest BCUT2D eigenvalue weighted by Gasteiger charge is 2.14. The highest BCUT2D eigenvalue weighted by atomic mass is 32.1. The highest BCUT2D eigenvalue weighted by molar-refractivity contribution is 7.22. The standard InChI is InChI=1S/C28H21NOS/c1-17(2)18-10-12-19(13-11-18)27-16-24-26(31-27)15-14-23(29-24)22-8-5-7-21-20-6-3-4-9-25(20)30-28(21)22/h3-17H,1-2H3. The third-order valence-corrected chi connectivity index (χ3v) is 7.05. The van der Waals surface area contributed by atoms with Gasteiger partial charge in [-0.1, -0.05) is 68.4 Å². The normalized spacial score (nSPS) is 11.8. The SMILES string of the molecule is CC(C)c1ccc(-c2cc3nc(-c4cccc5c4oc4ccccc45)ccc3s2)cc1. The van der Waals surface area contributed by atoms with Crippen molar-refractivity contribution in [3.63, 3.8) is 0 Å². The molecule has 3 heteroatoms. The van der Waals surface area contributed by atoms with Crippen LogP contribution in [0.4, 0.5) is 0 Å². The molecule has 150 valence electrons. The Morgan fingerprint density at radius 2 is 1.61 bits per heavy atom. The summed E-state index contributed by atoms with van der Waals surface area (Å²) in [6.07, 6.45) is 0. The molecule has 2 nitrogen and oxygen atoms in total. The second-order valence-corrected chi connectivity index (χ2v) is 9.33. The Kier molecular flexibility index (Phi) is 4.18. The van der Waals surface area contributed by atoms with Gasteiger partial charge in [0.2, 0.25) is 0 Å². The molecule has 0 unspecified atom stereocenters. The second-order valence-electron chi connectivity index (χ2n) is 8.25. The number of rotatable bonds is 3. The number of pyridine rings is 1. The summed E-state index contributed by atoms with van der Waals surface area (Å²) in [5, 5.41) is 2.27. The summed E-state index contributed by atoms with van der Waals surface area (Å²) in [7, 11) is 0. The molecule has 6 rings (SSSR count). The van der Waals surface area contributed by atoms with E-state index in [9.17, 15) is 0 Å². The van der Waals surface area contributed by atoms with Gasteiger partial charge in [0.05, 0.1) is 15.9 Å². The van der Waals surface area contributed by atoms with E-state index in [1.54, 1.807) is 11.3 Å². The number of fused-ring (bicyclic) bond motifs is 4. The zero-order valence-electron chi connectivity index (χ0n) is 17.4. The fraction of sp³-hybridized carbons (Fsp3) is 0.107. The van der Waals surface area contributed by atoms with E-state index < -0.39 is 0 Å². The van der Waals surface area contributed by atoms with Crippen LogP contribution in [0.1, 0.15) is 25.3 Å². The fourth-order valence-electron chi connectivity index (χ4n) is 4.20. The van der Waals surface area contributed by atoms with Gasteiger partial charge < -0.3 is 4.42 Å². The molecule has 0 aliphatic rings. The first-order chi connectivity index (χ1) is 15.2. The topological polar surface area (TPSA) is 26.0 Å². The van der Waals surface area contributed by atoms with Crippen molar-refractivity contribution in [2.75, 3.05) is 0 Å². The second kappa shape index (κ2) is 7.07. The van der Waals surface area contributed by atoms with Crippen LogP contribution in [0.2, 0.25) is 0 Å². The molecule has 0 fully saturated rings. The average Bonchev–Trinajstić information content (AvgIpc) is 3.40. The monoisotopic (exact) mass is 419 g/mol. The van der Waals surface area contributed by atoms with Gasteiger partial charge in [0, 0.05) is 21.2 Å². The lowest BCUT2D eigenvalue weighted by molar-refractivity contribution is 0.670. The molecule has 0 saturated heterocycles. The number of hydrogen-bond acceptors (Lipinski definition) is 3. The fourth-order valence-corrected chi connectivity index (χ4v) is 5.20. The quantitative estimate of drug-likeness (QED) is 0.287. The average molecular weight is 420 g/mol. The maximum Gasteiger partial charge on any atom is 0.144 e. The third kappa shape index (κ3) is 3.05. The summed E-state index contributed by atoms with van der Waals surface area (Å²) in [5.41, 5.74) is 7.42. The number of para-hydroxylation sites is 2. The Morgan fingerprint density at radius 1 is 0.806 bits per heavy atom. The molecule has 0 N–H and O–H groups in total. The minimum absolute atomic E-state index is 0.543. The predicted molar refractivity (Wildman–Crippen MR) is 132 cm³/mol. The molecular weight excluding hydrogens is 398 g/mol. The molecular formula is C28H21NOS. The first-order valence-corrected chi connectivity index (χ1v) is 11.4. The largest absolute Gasteiger partial charge is 0.455 e. The highest BCUT2D eigenvalue weighted by Crippen LogP contribution is 2.38. The van der Waals surface area contributed by atoms with E-state index >= 15 is 0 Å². The van der Waals surface area contributed by atoms with Gasteiger partial charge in [-0.3, -0.25) is 0 Å². The van der Waals surface area contributed by atoms with Crippen molar-refractivity contribution >= 4 is 43.5 Å². The van der Waals surface area contributed by atoms with E-state index in [2.05, 4.69) is 86.6 Å². The van der Waals surface area contributed by atoms with Crippen molar-refractivity contribution in [1.29, 1.82) is 0 Å². The summed E-state index contributed by atoms with van der Waals surface area (Å²) in [5.74, 6) is 0.543. The molecule has 0 aliphatic heterocycles. The Labute approximate surface area is 184 Å². The number of nitrogens with zero attached hydrogens (tertiary/aromatic N) is 1. The minimum atomic E-state index is 0.543. The Hall–Kier alpha value is -3.43. The van der Waals surface area contributed by atoms with Crippen molar-refractivity contribution in [3.05, 3.63) is 90.5 Å². The van der Waals surface area contributed by atoms with Gasteiger partial charge in [0.1, 0.15) is 11.2 Å². The molecule has 6 aromatic rings. The van der Waals surface area contributed by atoms with Crippen LogP contribution >= 0.6 is 11.3 Å². The van der Waals surface area contributed by atoms with Crippen LogP contribution in [0.5, 0.6) is 0 Å². The van der Waals surface area contributed by atoms with Gasteiger partial charge in [0.15, 0.2) is 0 Å². The molecule has 0 atom stereocenters. The van der Waals surface area contributed by atoms with Gasteiger partial charge in [-0.2, -0.15) is 0 Å². The van der Waals surface area contributed by atoms with Crippen molar-refractivity contribution in [1.82, 2.24) is 4.98 Å². The van der Waals surface area contributed by atoms with Crippen LogP contribution in [0, 0.1) is 0 Å². The Morgan fingerprint density at radius 3 is 2.45 bits per heavy atom. The van der Waals surface area contributed by atoms with Crippen LogP contribution in [-0.4, -0.2) is 4.98 Å². The molecule has 0 spiro atoms. The van der Waals surface area contributed by atoms with Crippen LogP contribution in [0.15, 0.2) is 89.3 Å². The first-order valence-electron chi connectivity index (χ1n) is 10.6. The smallest absolute Gasteiger partial charge is 0.144 e. The number of furan rings is 1. The molecule has 0 radical (unpaired) electrons. The van der Waals surface area contributed by atoms with E-state index in [-0.39, 0.29) is 0 Å². The van der Waals surface area contributed by atoms with E-state index in [0.29, 0.717) is 5.92 Å². The predicted octanol–water partition coefficient (Wildman–Crippen LogP) is 8.65. The third-order valence-electron chi connectivity index (χ3n) is 5.92. The lowest BCUT2D eigenvalue weighted by atomic mass is 10.0. The molecule has 3 aromatic heterocycles. The van der Waals surface area contributed by atoms with Crippen molar-refractivity contribution in [2.24, 2.45) is 0 Å². The zero-order chi connectivity index (χ0) is 20.9. The number of thiophene rings is 1. The number of aromatic nitrogens is 1. The van der Waals surface area contributed by atoms with E-state index in [4.69, 9.17) is 9.40 Å². The summed E-state index contributed by atoms with van der Waals surface area (Å²) < 4.78 is 7.42. The lowest BCUT2D eigenvalue weighted by Gasteiger charge is -2.05. The van der Waals surface area contributed by atoms with Gasteiger partial charge in [-0.15, -0.1) is 11.3 Å². The Bertz CT molecular complexity index is 1550. The van der Waals surface area contributed by atoms with Gasteiger partial charge in [-0.25, -0.2) is 4.98 Å². The van der Waals surface area contributed by atoms with Crippen LogP contribution in [0.3, 0.4) is 0 Å². The van der Waals surface area contributed by atoms with E-state index in [0.717, 1.165) is 38.7 Å². The first kappa shape index (κ1) is 18.3. The van der Waals surface area contributed by atoms with Gasteiger partial charge in [0.25, 0.3) is 0 Å². The van der Waals surface area contributed by atoms with E-state index in [1.165, 1.54) is 20.7 Å². The minimum Gasteiger partial charge on any atom is -0.455 e. The van der Waals surface area contributed by atoms with Gasteiger partial charge >= 0.3 is 0 Å². The van der Waals surface area contributed by atoms with E-state index in [1.807, 2.05) is 12.1 Å². The van der Waals surface area contributed by atoms with Crippen molar-refractivity contribution in [2.45, 2.75) is 19.8 Å². The van der Waals surface area contributed by atoms with Gasteiger partial charge in [-0.05, 0) is 47.4 Å². The van der Waals surface area contributed by atoms with Crippen molar-refractivity contribution in [3.8, 4) is 21.7 Å². The number of benzene rings is 3. The molecule has 3 heterocycles. The molecule has 3 aromatic carbocycles. The summed E-state index contributed by atoms with van der Waals surface area (Å²) in [6.45, 7) is 4.45. The summed E-state index contributed by atoms with van der Waals surface area (Å²) in [4.78, 5) is 6.26.